The van der Waals surface area contributed by atoms with Gasteiger partial charge in [-0.1, -0.05) is 12.1 Å². The second-order valence-electron chi connectivity index (χ2n) is 4.13. The summed E-state index contributed by atoms with van der Waals surface area (Å²) in [5.41, 5.74) is -0.328. The molecule has 100 valence electrons. The molecule has 0 saturated carbocycles. The number of carbonyl (C=O) groups excluding carboxylic acids is 2. The average molecular weight is 269 g/mol. The van der Waals surface area contributed by atoms with E-state index in [9.17, 15) is 18.4 Å². The summed E-state index contributed by atoms with van der Waals surface area (Å²) in [7, 11) is -0.0320. The molecule has 0 bridgehead atoms. The Kier molecular flexibility index (Phi) is 3.80. The van der Waals surface area contributed by atoms with Gasteiger partial charge < -0.3 is 9.31 Å². The van der Waals surface area contributed by atoms with E-state index < -0.39 is 30.7 Å². The van der Waals surface area contributed by atoms with Crippen molar-refractivity contribution in [2.24, 2.45) is 0 Å². The van der Waals surface area contributed by atoms with Crippen LogP contribution in [0.5, 0.6) is 0 Å². The first kappa shape index (κ1) is 13.5. The second kappa shape index (κ2) is 5.35. The number of hydrogen-bond acceptors (Lipinski definition) is 5. The first-order valence-corrected chi connectivity index (χ1v) is 5.49. The Labute approximate surface area is 108 Å². The highest BCUT2D eigenvalue weighted by Crippen LogP contribution is 2.07. The standard InChI is InChI=1S/C11H10BF2NO4/c1-15-5-9(16)18-12(19-10(17)6-15)7-3-2-4-8(13)11(7)14/h2-4H,5-6H2,1H3. The van der Waals surface area contributed by atoms with E-state index in [1.54, 1.807) is 0 Å². The van der Waals surface area contributed by atoms with Gasteiger partial charge in [0.1, 0.15) is 0 Å². The van der Waals surface area contributed by atoms with E-state index in [2.05, 4.69) is 0 Å². The van der Waals surface area contributed by atoms with E-state index in [-0.39, 0.29) is 18.6 Å². The van der Waals surface area contributed by atoms with Gasteiger partial charge in [0, 0.05) is 0 Å². The minimum absolute atomic E-state index is 0.136. The lowest BCUT2D eigenvalue weighted by Crippen LogP contribution is -2.49. The number of carbonyl (C=O) groups is 2. The molecule has 1 saturated heterocycles. The van der Waals surface area contributed by atoms with E-state index in [4.69, 9.17) is 9.31 Å². The van der Waals surface area contributed by atoms with Crippen molar-refractivity contribution in [1.82, 2.24) is 4.90 Å². The predicted molar refractivity (Wildman–Crippen MR) is 61.4 cm³/mol. The molecule has 0 N–H and O–H groups in total. The van der Waals surface area contributed by atoms with Gasteiger partial charge in [0.15, 0.2) is 11.6 Å². The Morgan fingerprint density at radius 2 is 1.74 bits per heavy atom. The van der Waals surface area contributed by atoms with E-state index in [0.29, 0.717) is 0 Å². The van der Waals surface area contributed by atoms with Crippen LogP contribution in [-0.2, 0) is 18.9 Å². The van der Waals surface area contributed by atoms with E-state index in [1.165, 1.54) is 24.1 Å². The molecule has 1 aliphatic rings. The van der Waals surface area contributed by atoms with Crippen molar-refractivity contribution in [3.63, 3.8) is 0 Å². The number of halogens is 2. The lowest BCUT2D eigenvalue weighted by Gasteiger charge is -2.22. The topological polar surface area (TPSA) is 55.8 Å². The minimum atomic E-state index is -1.57. The molecular formula is C11H10BF2NO4. The molecule has 0 unspecified atom stereocenters. The van der Waals surface area contributed by atoms with Gasteiger partial charge in [0.05, 0.1) is 18.6 Å². The molecule has 1 fully saturated rings. The molecule has 1 aromatic carbocycles. The zero-order chi connectivity index (χ0) is 14.0. The van der Waals surface area contributed by atoms with Crippen LogP contribution in [0.4, 0.5) is 8.78 Å². The van der Waals surface area contributed by atoms with Crippen LogP contribution >= 0.6 is 0 Å². The van der Waals surface area contributed by atoms with Gasteiger partial charge in [0.2, 0.25) is 0 Å². The molecule has 8 heteroatoms. The first-order valence-electron chi connectivity index (χ1n) is 5.49. The van der Waals surface area contributed by atoms with Crippen LogP contribution in [0.1, 0.15) is 0 Å². The maximum atomic E-state index is 13.6. The van der Waals surface area contributed by atoms with Gasteiger partial charge in [-0.05, 0) is 13.1 Å². The molecule has 0 aromatic heterocycles. The molecule has 1 heterocycles. The van der Waals surface area contributed by atoms with Crippen LogP contribution in [0.15, 0.2) is 18.2 Å². The Hall–Kier alpha value is -1.96. The van der Waals surface area contributed by atoms with Gasteiger partial charge in [-0.15, -0.1) is 0 Å². The summed E-state index contributed by atoms with van der Waals surface area (Å²) in [5.74, 6) is -3.70. The van der Waals surface area contributed by atoms with E-state index >= 15 is 0 Å². The molecule has 1 aliphatic heterocycles. The van der Waals surface area contributed by atoms with Gasteiger partial charge in [0.25, 0.3) is 0 Å². The van der Waals surface area contributed by atoms with Crippen LogP contribution < -0.4 is 5.46 Å². The first-order chi connectivity index (χ1) is 8.97. The average Bonchev–Trinajstić information content (AvgIpc) is 2.29. The van der Waals surface area contributed by atoms with Crippen molar-refractivity contribution < 1.29 is 27.7 Å². The molecule has 19 heavy (non-hydrogen) atoms. The van der Waals surface area contributed by atoms with Crippen molar-refractivity contribution >= 4 is 24.5 Å². The molecule has 1 aromatic rings. The monoisotopic (exact) mass is 269 g/mol. The number of rotatable bonds is 1. The minimum Gasteiger partial charge on any atom is -0.494 e. The lowest BCUT2D eigenvalue weighted by atomic mass is 9.78. The van der Waals surface area contributed by atoms with Crippen molar-refractivity contribution in [1.29, 1.82) is 0 Å². The Morgan fingerprint density at radius 3 is 2.32 bits per heavy atom. The summed E-state index contributed by atoms with van der Waals surface area (Å²) < 4.78 is 36.3. The zero-order valence-corrected chi connectivity index (χ0v) is 10.1. The summed E-state index contributed by atoms with van der Waals surface area (Å²) in [5, 5.41) is 0. The molecular weight excluding hydrogens is 259 g/mol. The maximum absolute atomic E-state index is 13.6. The normalized spacial score (nSPS) is 17.5. The largest absolute Gasteiger partial charge is 0.639 e. The number of hydrogen-bond donors (Lipinski definition) is 0. The number of benzene rings is 1. The highest BCUT2D eigenvalue weighted by Gasteiger charge is 2.36. The highest BCUT2D eigenvalue weighted by molar-refractivity contribution is 6.64. The summed E-state index contributed by atoms with van der Waals surface area (Å²) in [6.07, 6.45) is 0. The molecule has 0 amide bonds. The van der Waals surface area contributed by atoms with Crippen molar-refractivity contribution in [2.75, 3.05) is 20.1 Å². The summed E-state index contributed by atoms with van der Waals surface area (Å²) in [6, 6.07) is 3.34. The molecule has 2 rings (SSSR count). The third kappa shape index (κ3) is 3.08. The fourth-order valence-corrected chi connectivity index (χ4v) is 1.66. The highest BCUT2D eigenvalue weighted by atomic mass is 19.2. The number of nitrogens with zero attached hydrogens (tertiary/aromatic N) is 1. The summed E-state index contributed by atoms with van der Waals surface area (Å²) >= 11 is 0. The molecule has 5 nitrogen and oxygen atoms in total. The van der Waals surface area contributed by atoms with Crippen LogP contribution in [0.25, 0.3) is 0 Å². The van der Waals surface area contributed by atoms with Gasteiger partial charge in [-0.3, -0.25) is 14.5 Å². The van der Waals surface area contributed by atoms with Gasteiger partial charge >= 0.3 is 19.1 Å². The Balaban J connectivity index is 2.29. The number of likely N-dealkylation sites (N-methyl/N-ethyl adjacent to an activating group) is 1. The van der Waals surface area contributed by atoms with E-state index in [1.807, 2.05) is 0 Å². The van der Waals surface area contributed by atoms with E-state index in [0.717, 1.165) is 6.07 Å². The lowest BCUT2D eigenvalue weighted by molar-refractivity contribution is -0.145. The van der Waals surface area contributed by atoms with Crippen molar-refractivity contribution in [3.8, 4) is 0 Å². The fourth-order valence-electron chi connectivity index (χ4n) is 1.66. The van der Waals surface area contributed by atoms with Crippen LogP contribution in [0, 0.1) is 11.6 Å². The third-order valence-electron chi connectivity index (χ3n) is 2.51. The Bertz CT molecular complexity index is 505. The SMILES string of the molecule is CN1CC(=O)OB(c2cccc(F)c2F)OC(=O)C1. The third-order valence-corrected chi connectivity index (χ3v) is 2.51. The van der Waals surface area contributed by atoms with Gasteiger partial charge in [-0.2, -0.15) is 0 Å². The van der Waals surface area contributed by atoms with Crippen molar-refractivity contribution in [3.05, 3.63) is 29.8 Å². The maximum Gasteiger partial charge on any atom is 0.639 e. The van der Waals surface area contributed by atoms with Crippen LogP contribution in [-0.4, -0.2) is 44.1 Å². The fraction of sp³-hybridized carbons (Fsp3) is 0.273. The quantitative estimate of drug-likeness (QED) is 0.655. The molecule has 0 aliphatic carbocycles. The second-order valence-corrected chi connectivity index (χ2v) is 4.13. The molecule has 0 spiro atoms. The van der Waals surface area contributed by atoms with Crippen molar-refractivity contribution in [2.45, 2.75) is 0 Å². The molecule has 0 radical (unpaired) electrons. The Morgan fingerprint density at radius 1 is 1.16 bits per heavy atom. The summed E-state index contributed by atoms with van der Waals surface area (Å²) in [4.78, 5) is 24.3. The zero-order valence-electron chi connectivity index (χ0n) is 10.1. The van der Waals surface area contributed by atoms with Gasteiger partial charge in [-0.25, -0.2) is 8.78 Å². The van der Waals surface area contributed by atoms with Crippen LogP contribution in [0.3, 0.4) is 0 Å². The predicted octanol–water partition coefficient (Wildman–Crippen LogP) is -0.308. The van der Waals surface area contributed by atoms with Crippen LogP contribution in [0.2, 0.25) is 0 Å². The summed E-state index contributed by atoms with van der Waals surface area (Å²) in [6.45, 7) is -0.273. The molecule has 0 atom stereocenters. The smallest absolute Gasteiger partial charge is 0.494 e.